The molecule has 0 saturated carbocycles. The Morgan fingerprint density at radius 3 is 2.74 bits per heavy atom. The van der Waals surface area contributed by atoms with Crippen molar-refractivity contribution < 1.29 is 14.9 Å². The summed E-state index contributed by atoms with van der Waals surface area (Å²) in [4.78, 5) is 0. The lowest BCUT2D eigenvalue weighted by atomic mass is 10.0. The highest BCUT2D eigenvalue weighted by molar-refractivity contribution is 5.27. The van der Waals surface area contributed by atoms with Crippen molar-refractivity contribution in [1.29, 1.82) is 0 Å². The largest absolute Gasteiger partial charge is 0.491 e. The van der Waals surface area contributed by atoms with Gasteiger partial charge in [-0.3, -0.25) is 0 Å². The van der Waals surface area contributed by atoms with Crippen molar-refractivity contribution in [2.45, 2.75) is 38.8 Å². The molecule has 3 N–H and O–H groups in total. The number of aliphatic hydroxyl groups excluding tert-OH is 2. The summed E-state index contributed by atoms with van der Waals surface area (Å²) in [6.07, 6.45) is 0.0804. The third kappa shape index (κ3) is 6.57. The fraction of sp³-hybridized carbons (Fsp3) is 0.600. The van der Waals surface area contributed by atoms with E-state index in [0.717, 1.165) is 11.3 Å². The maximum Gasteiger partial charge on any atom is 0.119 e. The van der Waals surface area contributed by atoms with E-state index in [-0.39, 0.29) is 18.8 Å². The number of hydrogen-bond donors (Lipinski definition) is 3. The minimum absolute atomic E-state index is 0.135. The Kier molecular flexibility index (Phi) is 6.28. The molecular weight excluding hydrogens is 242 g/mol. The second kappa shape index (κ2) is 7.48. The van der Waals surface area contributed by atoms with E-state index in [0.29, 0.717) is 13.0 Å². The predicted octanol–water partition coefficient (Wildman–Crippen LogP) is 1.49. The molecule has 1 unspecified atom stereocenters. The summed E-state index contributed by atoms with van der Waals surface area (Å²) in [5.41, 5.74) is 0.952. The summed E-state index contributed by atoms with van der Waals surface area (Å²) in [5.74, 6) is 0.772. The molecule has 4 nitrogen and oxygen atoms in total. The van der Waals surface area contributed by atoms with Gasteiger partial charge in [0, 0.05) is 18.7 Å². The summed E-state index contributed by atoms with van der Waals surface area (Å²) in [6.45, 7) is 6.83. The summed E-state index contributed by atoms with van der Waals surface area (Å²) in [7, 11) is 0. The molecule has 0 aliphatic heterocycles. The molecule has 0 aliphatic rings. The maximum absolute atomic E-state index is 9.86. The van der Waals surface area contributed by atoms with Crippen molar-refractivity contribution in [3.63, 3.8) is 0 Å². The molecule has 108 valence electrons. The Balaban J connectivity index is 2.30. The normalized spacial score (nSPS) is 13.3. The van der Waals surface area contributed by atoms with E-state index in [9.17, 15) is 5.11 Å². The van der Waals surface area contributed by atoms with E-state index in [1.54, 1.807) is 0 Å². The first-order valence-corrected chi connectivity index (χ1v) is 6.66. The van der Waals surface area contributed by atoms with Crippen molar-refractivity contribution in [1.82, 2.24) is 5.32 Å². The number of hydrogen-bond acceptors (Lipinski definition) is 4. The molecule has 0 aromatic heterocycles. The molecule has 1 rings (SSSR count). The highest BCUT2D eigenvalue weighted by Gasteiger charge is 2.17. The molecule has 0 radical (unpaired) electrons. The van der Waals surface area contributed by atoms with Crippen LogP contribution in [0.15, 0.2) is 24.3 Å². The van der Waals surface area contributed by atoms with Gasteiger partial charge in [-0.25, -0.2) is 0 Å². The van der Waals surface area contributed by atoms with E-state index >= 15 is 0 Å². The van der Waals surface area contributed by atoms with E-state index in [1.807, 2.05) is 45.0 Å². The molecule has 0 saturated heterocycles. The van der Waals surface area contributed by atoms with Crippen molar-refractivity contribution in [3.8, 4) is 5.75 Å². The minimum atomic E-state index is -0.571. The van der Waals surface area contributed by atoms with Crippen LogP contribution >= 0.6 is 0 Å². The molecule has 0 amide bonds. The van der Waals surface area contributed by atoms with Gasteiger partial charge in [0.1, 0.15) is 18.5 Å². The van der Waals surface area contributed by atoms with Gasteiger partial charge in [0.15, 0.2) is 0 Å². The molecule has 1 aromatic carbocycles. The summed E-state index contributed by atoms with van der Waals surface area (Å²) in [6, 6.07) is 7.75. The van der Waals surface area contributed by atoms with Crippen LogP contribution in [0, 0.1) is 6.92 Å². The molecule has 1 aromatic rings. The van der Waals surface area contributed by atoms with Crippen LogP contribution in [0.25, 0.3) is 0 Å². The highest BCUT2D eigenvalue weighted by atomic mass is 16.5. The van der Waals surface area contributed by atoms with E-state index in [4.69, 9.17) is 9.84 Å². The fourth-order valence-corrected chi connectivity index (χ4v) is 1.72. The number of ether oxygens (including phenoxy) is 1. The first-order valence-electron chi connectivity index (χ1n) is 6.66. The van der Waals surface area contributed by atoms with Gasteiger partial charge < -0.3 is 20.3 Å². The number of aryl methyl sites for hydroxylation is 1. The van der Waals surface area contributed by atoms with Gasteiger partial charge in [-0.05, 0) is 44.9 Å². The average molecular weight is 267 g/mol. The third-order valence-electron chi connectivity index (χ3n) is 2.98. The molecule has 0 heterocycles. The van der Waals surface area contributed by atoms with Crippen LogP contribution in [0.3, 0.4) is 0 Å². The topological polar surface area (TPSA) is 61.7 Å². The van der Waals surface area contributed by atoms with Gasteiger partial charge in [0.2, 0.25) is 0 Å². The molecule has 4 heteroatoms. The van der Waals surface area contributed by atoms with Crippen LogP contribution in [-0.4, -0.2) is 41.6 Å². The Morgan fingerprint density at radius 2 is 2.11 bits per heavy atom. The van der Waals surface area contributed by atoms with Crippen molar-refractivity contribution in [2.24, 2.45) is 0 Å². The van der Waals surface area contributed by atoms with Gasteiger partial charge >= 0.3 is 0 Å². The number of benzene rings is 1. The van der Waals surface area contributed by atoms with Crippen LogP contribution < -0.4 is 10.1 Å². The summed E-state index contributed by atoms with van der Waals surface area (Å²) in [5, 5.41) is 22.0. The smallest absolute Gasteiger partial charge is 0.119 e. The van der Waals surface area contributed by atoms with Crippen LogP contribution in [0.4, 0.5) is 0 Å². The predicted molar refractivity (Wildman–Crippen MR) is 76.5 cm³/mol. The lowest BCUT2D eigenvalue weighted by Gasteiger charge is -2.27. The standard InChI is InChI=1S/C15H25NO3/c1-12-5-4-6-14(9-12)19-11-13(18)10-16-15(2,3)7-8-17/h4-6,9,13,16-18H,7-8,10-11H2,1-3H3. The number of rotatable bonds is 8. The Bertz CT molecular complexity index is 379. The Morgan fingerprint density at radius 1 is 1.37 bits per heavy atom. The number of nitrogens with one attached hydrogen (secondary N) is 1. The van der Waals surface area contributed by atoms with Crippen molar-refractivity contribution >= 4 is 0 Å². The highest BCUT2D eigenvalue weighted by Crippen LogP contribution is 2.12. The van der Waals surface area contributed by atoms with E-state index in [1.165, 1.54) is 0 Å². The first kappa shape index (κ1) is 16.0. The number of aliphatic hydroxyl groups is 2. The fourth-order valence-electron chi connectivity index (χ4n) is 1.72. The Hall–Kier alpha value is -1.10. The molecular formula is C15H25NO3. The van der Waals surface area contributed by atoms with Crippen molar-refractivity contribution in [2.75, 3.05) is 19.8 Å². The second-order valence-electron chi connectivity index (χ2n) is 5.52. The molecule has 0 aliphatic carbocycles. The van der Waals surface area contributed by atoms with Crippen LogP contribution in [0.2, 0.25) is 0 Å². The van der Waals surface area contributed by atoms with Gasteiger partial charge in [0.25, 0.3) is 0 Å². The lowest BCUT2D eigenvalue weighted by Crippen LogP contribution is -2.45. The van der Waals surface area contributed by atoms with Gasteiger partial charge in [-0.2, -0.15) is 0 Å². The third-order valence-corrected chi connectivity index (χ3v) is 2.98. The van der Waals surface area contributed by atoms with Gasteiger partial charge in [-0.15, -0.1) is 0 Å². The lowest BCUT2D eigenvalue weighted by molar-refractivity contribution is 0.0959. The SMILES string of the molecule is Cc1cccc(OCC(O)CNC(C)(C)CCO)c1. The number of β-amino-alcohol motifs (C(OH)–C–C–N with tert-alkyl or cyclic N) is 1. The zero-order valence-electron chi connectivity index (χ0n) is 12.0. The summed E-state index contributed by atoms with van der Waals surface area (Å²) < 4.78 is 5.53. The molecule has 0 spiro atoms. The van der Waals surface area contributed by atoms with Crippen LogP contribution in [0.1, 0.15) is 25.8 Å². The molecule has 0 bridgehead atoms. The monoisotopic (exact) mass is 267 g/mol. The van der Waals surface area contributed by atoms with Gasteiger partial charge in [0.05, 0.1) is 0 Å². The average Bonchev–Trinajstić information content (AvgIpc) is 2.34. The zero-order valence-corrected chi connectivity index (χ0v) is 12.0. The summed E-state index contributed by atoms with van der Waals surface area (Å²) >= 11 is 0. The first-order chi connectivity index (χ1) is 8.93. The quantitative estimate of drug-likeness (QED) is 0.668. The molecule has 19 heavy (non-hydrogen) atoms. The maximum atomic E-state index is 9.86. The van der Waals surface area contributed by atoms with Crippen LogP contribution in [0.5, 0.6) is 5.75 Å². The van der Waals surface area contributed by atoms with E-state index < -0.39 is 6.10 Å². The van der Waals surface area contributed by atoms with Gasteiger partial charge in [-0.1, -0.05) is 12.1 Å². The molecule has 0 fully saturated rings. The second-order valence-corrected chi connectivity index (χ2v) is 5.52. The molecule has 1 atom stereocenters. The van der Waals surface area contributed by atoms with E-state index in [2.05, 4.69) is 5.32 Å². The Labute approximate surface area is 115 Å². The zero-order chi connectivity index (χ0) is 14.3. The minimum Gasteiger partial charge on any atom is -0.491 e. The van der Waals surface area contributed by atoms with Crippen LogP contribution in [-0.2, 0) is 0 Å². The van der Waals surface area contributed by atoms with Crippen molar-refractivity contribution in [3.05, 3.63) is 29.8 Å².